The van der Waals surface area contributed by atoms with Crippen molar-refractivity contribution in [3.05, 3.63) is 70.2 Å². The first-order valence-electron chi connectivity index (χ1n) is 6.25. The van der Waals surface area contributed by atoms with Gasteiger partial charge >= 0.3 is 0 Å². The van der Waals surface area contributed by atoms with Gasteiger partial charge < -0.3 is 4.90 Å². The number of hydrogen-bond acceptors (Lipinski definition) is 0. The van der Waals surface area contributed by atoms with E-state index in [1.54, 1.807) is 0 Å². The maximum atomic E-state index is 6.01. The van der Waals surface area contributed by atoms with Crippen LogP contribution in [0, 0.1) is 0 Å². The van der Waals surface area contributed by atoms with Crippen molar-refractivity contribution in [2.24, 2.45) is 0 Å². The third-order valence-corrected chi connectivity index (χ3v) is 3.08. The van der Waals surface area contributed by atoms with E-state index in [0.717, 1.165) is 18.0 Å². The van der Waals surface area contributed by atoms with Crippen LogP contribution in [0.4, 0.5) is 0 Å². The van der Waals surface area contributed by atoms with Crippen LogP contribution in [0.25, 0.3) is 0 Å². The Morgan fingerprint density at radius 2 is 1.50 bits per heavy atom. The molecule has 0 aliphatic heterocycles. The molecule has 0 aromatic heterocycles. The van der Waals surface area contributed by atoms with Crippen LogP contribution in [0.15, 0.2) is 48.5 Å². The molecule has 0 saturated carbocycles. The molecule has 0 heterocycles. The quantitative estimate of drug-likeness (QED) is 0.862. The number of rotatable bonds is 4. The van der Waals surface area contributed by atoms with Crippen molar-refractivity contribution in [3.63, 3.8) is 0 Å². The van der Waals surface area contributed by atoms with E-state index in [0.29, 0.717) is 0 Å². The normalized spacial score (nSPS) is 10.9. The van der Waals surface area contributed by atoms with E-state index >= 15 is 0 Å². The van der Waals surface area contributed by atoms with Crippen molar-refractivity contribution in [2.45, 2.75) is 13.0 Å². The first kappa shape index (κ1) is 13.1. The Labute approximate surface area is 114 Å². The standard InChI is InChI=1S/C16H18ClN/c1-18(2)12-15-7-3-5-13(10-15)9-14-6-4-8-16(17)11-14/h3-8,10-11H,9,12H2,1-2H3/p+1. The van der Waals surface area contributed by atoms with E-state index in [1.807, 2.05) is 18.2 Å². The van der Waals surface area contributed by atoms with Crippen molar-refractivity contribution in [2.75, 3.05) is 14.1 Å². The van der Waals surface area contributed by atoms with Crippen molar-refractivity contribution in [3.8, 4) is 0 Å². The maximum Gasteiger partial charge on any atom is 0.102 e. The van der Waals surface area contributed by atoms with Gasteiger partial charge in [0.2, 0.25) is 0 Å². The Bertz CT molecular complexity index is 520. The van der Waals surface area contributed by atoms with Crippen LogP contribution in [0.1, 0.15) is 16.7 Å². The third-order valence-electron chi connectivity index (χ3n) is 2.85. The lowest BCUT2D eigenvalue weighted by atomic mass is 10.0. The lowest BCUT2D eigenvalue weighted by molar-refractivity contribution is -0.872. The number of nitrogens with one attached hydrogen (secondary N) is 1. The van der Waals surface area contributed by atoms with Gasteiger partial charge in [-0.25, -0.2) is 0 Å². The van der Waals surface area contributed by atoms with Gasteiger partial charge in [-0.2, -0.15) is 0 Å². The average molecular weight is 261 g/mol. The summed E-state index contributed by atoms with van der Waals surface area (Å²) < 4.78 is 0. The second-order valence-electron chi connectivity index (χ2n) is 5.01. The lowest BCUT2D eigenvalue weighted by Crippen LogP contribution is -3.04. The topological polar surface area (TPSA) is 4.44 Å². The van der Waals surface area contributed by atoms with E-state index in [2.05, 4.69) is 44.4 Å². The molecule has 0 radical (unpaired) electrons. The largest absolute Gasteiger partial charge is 0.336 e. The van der Waals surface area contributed by atoms with Crippen LogP contribution >= 0.6 is 11.6 Å². The highest BCUT2D eigenvalue weighted by Crippen LogP contribution is 2.15. The molecule has 2 aromatic carbocycles. The molecule has 0 bridgehead atoms. The van der Waals surface area contributed by atoms with E-state index in [-0.39, 0.29) is 0 Å². The molecule has 18 heavy (non-hydrogen) atoms. The fourth-order valence-corrected chi connectivity index (χ4v) is 2.35. The summed E-state index contributed by atoms with van der Waals surface area (Å²) in [6.45, 7) is 1.06. The summed E-state index contributed by atoms with van der Waals surface area (Å²) in [6.07, 6.45) is 0.942. The minimum absolute atomic E-state index is 0.807. The zero-order chi connectivity index (χ0) is 13.0. The molecule has 0 aliphatic rings. The molecule has 0 spiro atoms. The van der Waals surface area contributed by atoms with E-state index in [1.165, 1.54) is 21.6 Å². The van der Waals surface area contributed by atoms with Crippen molar-refractivity contribution < 1.29 is 4.90 Å². The van der Waals surface area contributed by atoms with Crippen molar-refractivity contribution in [1.82, 2.24) is 0 Å². The van der Waals surface area contributed by atoms with Gasteiger partial charge in [-0.15, -0.1) is 0 Å². The minimum atomic E-state index is 0.807. The maximum absolute atomic E-state index is 6.01. The number of hydrogen-bond donors (Lipinski definition) is 1. The molecule has 1 N–H and O–H groups in total. The molecule has 0 aliphatic carbocycles. The summed E-state index contributed by atoms with van der Waals surface area (Å²) in [5.74, 6) is 0. The second kappa shape index (κ2) is 6.03. The molecule has 0 unspecified atom stereocenters. The monoisotopic (exact) mass is 260 g/mol. The Kier molecular flexibility index (Phi) is 4.40. The van der Waals surface area contributed by atoms with Crippen LogP contribution < -0.4 is 4.90 Å². The summed E-state index contributed by atoms with van der Waals surface area (Å²) in [4.78, 5) is 1.44. The smallest absolute Gasteiger partial charge is 0.102 e. The summed E-state index contributed by atoms with van der Waals surface area (Å²) in [6, 6.07) is 16.9. The van der Waals surface area contributed by atoms with Crippen LogP contribution in [0.2, 0.25) is 5.02 Å². The summed E-state index contributed by atoms with van der Waals surface area (Å²) in [5, 5.41) is 0.807. The van der Waals surface area contributed by atoms with Crippen LogP contribution in [0.5, 0.6) is 0 Å². The van der Waals surface area contributed by atoms with Gasteiger partial charge in [0, 0.05) is 10.6 Å². The SMILES string of the molecule is C[NH+](C)Cc1cccc(Cc2cccc(Cl)c2)c1. The highest BCUT2D eigenvalue weighted by Gasteiger charge is 2.01. The summed E-state index contributed by atoms with van der Waals surface area (Å²) in [5.41, 5.74) is 3.99. The second-order valence-corrected chi connectivity index (χ2v) is 5.45. The fourth-order valence-electron chi connectivity index (χ4n) is 2.14. The zero-order valence-corrected chi connectivity index (χ0v) is 11.7. The Morgan fingerprint density at radius 3 is 2.17 bits per heavy atom. The molecule has 0 fully saturated rings. The molecular weight excluding hydrogens is 242 g/mol. The Hall–Kier alpha value is -1.31. The molecule has 0 atom stereocenters. The predicted octanol–water partition coefficient (Wildman–Crippen LogP) is 2.58. The molecule has 94 valence electrons. The summed E-state index contributed by atoms with van der Waals surface area (Å²) >= 11 is 6.01. The molecule has 2 rings (SSSR count). The number of halogens is 1. The predicted molar refractivity (Wildman–Crippen MR) is 77.2 cm³/mol. The molecule has 2 heteroatoms. The number of benzene rings is 2. The average Bonchev–Trinajstić information content (AvgIpc) is 2.28. The van der Waals surface area contributed by atoms with Gasteiger partial charge in [0.25, 0.3) is 0 Å². The van der Waals surface area contributed by atoms with Crippen LogP contribution in [-0.4, -0.2) is 14.1 Å². The van der Waals surface area contributed by atoms with Gasteiger partial charge in [-0.05, 0) is 35.7 Å². The molecule has 1 nitrogen and oxygen atoms in total. The molecule has 0 saturated heterocycles. The summed E-state index contributed by atoms with van der Waals surface area (Å²) in [7, 11) is 4.34. The lowest BCUT2D eigenvalue weighted by Gasteiger charge is -2.09. The van der Waals surface area contributed by atoms with Crippen molar-refractivity contribution >= 4 is 11.6 Å². The van der Waals surface area contributed by atoms with Gasteiger partial charge in [0.15, 0.2) is 0 Å². The van der Waals surface area contributed by atoms with E-state index in [9.17, 15) is 0 Å². The third kappa shape index (κ3) is 3.86. The van der Waals surface area contributed by atoms with E-state index < -0.39 is 0 Å². The fraction of sp³-hybridized carbons (Fsp3) is 0.250. The Balaban J connectivity index is 2.14. The first-order valence-corrected chi connectivity index (χ1v) is 6.62. The van der Waals surface area contributed by atoms with Gasteiger partial charge in [0.05, 0.1) is 14.1 Å². The van der Waals surface area contributed by atoms with Crippen LogP contribution in [-0.2, 0) is 13.0 Å². The highest BCUT2D eigenvalue weighted by atomic mass is 35.5. The van der Waals surface area contributed by atoms with E-state index in [4.69, 9.17) is 11.6 Å². The van der Waals surface area contributed by atoms with Gasteiger partial charge in [-0.1, -0.05) is 41.9 Å². The van der Waals surface area contributed by atoms with Gasteiger partial charge in [-0.3, -0.25) is 0 Å². The first-order chi connectivity index (χ1) is 8.63. The van der Waals surface area contributed by atoms with Gasteiger partial charge in [0.1, 0.15) is 6.54 Å². The molecule has 2 aromatic rings. The molecule has 0 amide bonds. The van der Waals surface area contributed by atoms with Crippen LogP contribution in [0.3, 0.4) is 0 Å². The number of quaternary nitrogens is 1. The Morgan fingerprint density at radius 1 is 0.889 bits per heavy atom. The highest BCUT2D eigenvalue weighted by molar-refractivity contribution is 6.30. The minimum Gasteiger partial charge on any atom is -0.336 e. The van der Waals surface area contributed by atoms with Crippen molar-refractivity contribution in [1.29, 1.82) is 0 Å². The zero-order valence-electron chi connectivity index (χ0n) is 10.9. The molecular formula is C16H19ClN+.